The molecule has 1 saturated heterocycles. The fourth-order valence-corrected chi connectivity index (χ4v) is 7.48. The number of halogens is 3. The molecule has 2 atom stereocenters. The van der Waals surface area contributed by atoms with Gasteiger partial charge in [-0.15, -0.1) is 0 Å². The maximum Gasteiger partial charge on any atom is 0.410 e. The van der Waals surface area contributed by atoms with E-state index in [1.807, 2.05) is 6.92 Å². The van der Waals surface area contributed by atoms with Crippen LogP contribution in [-0.4, -0.2) is 46.9 Å². The lowest BCUT2D eigenvalue weighted by Crippen LogP contribution is -2.54. The summed E-state index contributed by atoms with van der Waals surface area (Å²) < 4.78 is 78.3. The number of rotatable bonds is 8. The molecule has 2 aliphatic rings. The highest BCUT2D eigenvalue weighted by molar-refractivity contribution is 7.89. The van der Waals surface area contributed by atoms with E-state index in [0.29, 0.717) is 50.3 Å². The molecule has 1 aromatic heterocycles. The molecule has 1 amide bonds. The number of hydrogen-bond acceptors (Lipinski definition) is 5. The van der Waals surface area contributed by atoms with Crippen LogP contribution in [0.3, 0.4) is 0 Å². The summed E-state index contributed by atoms with van der Waals surface area (Å²) >= 11 is 0. The highest BCUT2D eigenvalue weighted by atomic mass is 32.2. The van der Waals surface area contributed by atoms with E-state index >= 15 is 0 Å². The van der Waals surface area contributed by atoms with Crippen LogP contribution in [0.1, 0.15) is 56.2 Å². The molecule has 0 spiro atoms. The summed E-state index contributed by atoms with van der Waals surface area (Å²) in [4.78, 5) is 18.2. The Kier molecular flexibility index (Phi) is 7.87. The quantitative estimate of drug-likeness (QED) is 0.332. The van der Waals surface area contributed by atoms with Gasteiger partial charge in [0.15, 0.2) is 0 Å². The summed E-state index contributed by atoms with van der Waals surface area (Å²) in [6.07, 6.45) is 4.80. The maximum atomic E-state index is 14.9. The second-order valence-corrected chi connectivity index (χ2v) is 12.0. The van der Waals surface area contributed by atoms with E-state index in [9.17, 15) is 26.4 Å². The molecule has 2 heterocycles. The Morgan fingerprint density at radius 1 is 1.05 bits per heavy atom. The van der Waals surface area contributed by atoms with E-state index in [0.717, 1.165) is 17.7 Å². The Labute approximate surface area is 231 Å². The number of amides is 1. The van der Waals surface area contributed by atoms with Crippen molar-refractivity contribution in [2.45, 2.75) is 68.2 Å². The number of sulfonamides is 1. The van der Waals surface area contributed by atoms with Gasteiger partial charge in [0.05, 0.1) is 12.1 Å². The van der Waals surface area contributed by atoms with Gasteiger partial charge < -0.3 is 9.64 Å². The van der Waals surface area contributed by atoms with E-state index in [1.54, 1.807) is 30.6 Å². The molecule has 40 heavy (non-hydrogen) atoms. The number of hydrogen-bond donors (Lipinski definition) is 0. The van der Waals surface area contributed by atoms with Crippen LogP contribution in [0.2, 0.25) is 0 Å². The molecule has 5 rings (SSSR count). The molecule has 0 radical (unpaired) electrons. The summed E-state index contributed by atoms with van der Waals surface area (Å²) in [5, 5.41) is 0. The summed E-state index contributed by atoms with van der Waals surface area (Å²) in [6.45, 7) is 2.46. The van der Waals surface area contributed by atoms with Gasteiger partial charge in [0.25, 0.3) is 0 Å². The Morgan fingerprint density at radius 3 is 2.42 bits per heavy atom. The molecule has 1 saturated carbocycles. The third kappa shape index (κ3) is 5.57. The number of nitrogens with zero attached hydrogens (tertiary/aromatic N) is 3. The Bertz CT molecular complexity index is 1480. The lowest BCUT2D eigenvalue weighted by molar-refractivity contribution is -0.00903. The normalized spacial score (nSPS) is 20.6. The Balaban J connectivity index is 1.51. The fourth-order valence-electron chi connectivity index (χ4n) is 5.51. The van der Waals surface area contributed by atoms with Gasteiger partial charge in [-0.2, -0.15) is 4.31 Å². The molecule has 212 valence electrons. The molecule has 7 nitrogen and oxygen atoms in total. The van der Waals surface area contributed by atoms with E-state index in [1.165, 1.54) is 27.4 Å². The summed E-state index contributed by atoms with van der Waals surface area (Å²) in [6, 6.07) is 9.86. The molecule has 3 aromatic rings. The van der Waals surface area contributed by atoms with Crippen molar-refractivity contribution >= 4 is 16.1 Å². The van der Waals surface area contributed by atoms with Crippen LogP contribution in [0, 0.1) is 17.5 Å². The highest BCUT2D eigenvalue weighted by Gasteiger charge is 2.60. The molecule has 0 N–H and O–H groups in total. The zero-order valence-electron chi connectivity index (χ0n) is 22.0. The van der Waals surface area contributed by atoms with Gasteiger partial charge in [0.2, 0.25) is 10.0 Å². The first-order valence-electron chi connectivity index (χ1n) is 13.3. The minimum atomic E-state index is -4.56. The van der Waals surface area contributed by atoms with Crippen LogP contribution in [0.25, 0.3) is 0 Å². The van der Waals surface area contributed by atoms with Crippen LogP contribution in [0.15, 0.2) is 71.9 Å². The lowest BCUT2D eigenvalue weighted by atomic mass is 9.90. The predicted octanol–water partition coefficient (Wildman–Crippen LogP) is 5.97. The van der Waals surface area contributed by atoms with Crippen LogP contribution < -0.4 is 0 Å². The number of carbonyl (C=O) groups excluding carboxylic acids is 1. The van der Waals surface area contributed by atoms with Gasteiger partial charge >= 0.3 is 6.09 Å². The smallest absolute Gasteiger partial charge is 0.410 e. The van der Waals surface area contributed by atoms with E-state index < -0.39 is 56.1 Å². The zero-order valence-corrected chi connectivity index (χ0v) is 22.8. The van der Waals surface area contributed by atoms with Crippen LogP contribution >= 0.6 is 0 Å². The maximum absolute atomic E-state index is 14.9. The first kappa shape index (κ1) is 28.1. The third-order valence-electron chi connectivity index (χ3n) is 7.66. The van der Waals surface area contributed by atoms with Crippen molar-refractivity contribution in [1.29, 1.82) is 0 Å². The number of benzene rings is 2. The number of piperidine rings is 1. The lowest BCUT2D eigenvalue weighted by Gasteiger charge is -2.44. The molecular formula is C29H30F3N3O4S. The van der Waals surface area contributed by atoms with E-state index in [-0.39, 0.29) is 6.54 Å². The topological polar surface area (TPSA) is 79.8 Å². The molecule has 1 aliphatic heterocycles. The second kappa shape index (κ2) is 11.2. The van der Waals surface area contributed by atoms with Crippen molar-refractivity contribution in [2.75, 3.05) is 6.54 Å². The van der Waals surface area contributed by atoms with Gasteiger partial charge in [0.1, 0.15) is 27.9 Å². The second-order valence-electron chi connectivity index (χ2n) is 10.2. The van der Waals surface area contributed by atoms with Gasteiger partial charge in [0, 0.05) is 31.5 Å². The SMILES string of the molecule is CCN(Cc1ccncc1)C(=O)OC1([C@H]2CCC[C@@H](c3cccc(F)c3)N2S(=O)(=O)c2ccc(F)cc2F)CC1. The fraction of sp³-hybridized carbons (Fsp3) is 0.379. The molecular weight excluding hydrogens is 543 g/mol. The first-order valence-corrected chi connectivity index (χ1v) is 14.7. The van der Waals surface area contributed by atoms with Gasteiger partial charge in [-0.05, 0) is 86.6 Å². The molecule has 1 aliphatic carbocycles. The summed E-state index contributed by atoms with van der Waals surface area (Å²) in [5.74, 6) is -2.67. The van der Waals surface area contributed by atoms with Crippen molar-refractivity contribution in [3.8, 4) is 0 Å². The summed E-state index contributed by atoms with van der Waals surface area (Å²) in [5.41, 5.74) is 0.141. The van der Waals surface area contributed by atoms with Crippen molar-refractivity contribution in [3.05, 3.63) is 95.6 Å². The van der Waals surface area contributed by atoms with Crippen LogP contribution in [0.4, 0.5) is 18.0 Å². The van der Waals surface area contributed by atoms with Gasteiger partial charge in [-0.25, -0.2) is 26.4 Å². The predicted molar refractivity (Wildman–Crippen MR) is 141 cm³/mol. The van der Waals surface area contributed by atoms with Crippen molar-refractivity contribution in [2.24, 2.45) is 0 Å². The number of ether oxygens (including phenoxy) is 1. The molecule has 0 unspecified atom stereocenters. The van der Waals surface area contributed by atoms with Gasteiger partial charge in [-0.1, -0.05) is 12.1 Å². The highest BCUT2D eigenvalue weighted by Crippen LogP contribution is 2.52. The first-order chi connectivity index (χ1) is 19.1. The van der Waals surface area contributed by atoms with E-state index in [4.69, 9.17) is 4.74 Å². The minimum Gasteiger partial charge on any atom is -0.441 e. The standard InChI is InChI=1S/C29H30F3N3O4S/c1-2-34(19-20-11-15-33-16-12-20)28(36)39-29(13-14-29)27-8-4-7-25(21-5-3-6-22(30)17-21)35(27)40(37,38)26-10-9-23(31)18-24(26)32/h3,5-6,9-12,15-18,25,27H,2,4,7-8,13-14,19H2,1H3/t25-,27+/m0/s1. The van der Waals surface area contributed by atoms with Crippen LogP contribution in [0.5, 0.6) is 0 Å². The number of aromatic nitrogens is 1. The minimum absolute atomic E-state index is 0.285. The molecule has 0 bridgehead atoms. The van der Waals surface area contributed by atoms with Crippen LogP contribution in [-0.2, 0) is 21.3 Å². The monoisotopic (exact) mass is 573 g/mol. The van der Waals surface area contributed by atoms with E-state index in [2.05, 4.69) is 4.98 Å². The zero-order chi connectivity index (χ0) is 28.5. The number of pyridine rings is 1. The molecule has 11 heteroatoms. The van der Waals surface area contributed by atoms with Crippen molar-refractivity contribution in [3.63, 3.8) is 0 Å². The molecule has 2 fully saturated rings. The molecule has 2 aromatic carbocycles. The number of carbonyl (C=O) groups is 1. The average molecular weight is 574 g/mol. The summed E-state index contributed by atoms with van der Waals surface area (Å²) in [7, 11) is -4.56. The van der Waals surface area contributed by atoms with Crippen molar-refractivity contribution < 1.29 is 31.1 Å². The van der Waals surface area contributed by atoms with Crippen molar-refractivity contribution in [1.82, 2.24) is 14.2 Å². The Morgan fingerprint density at radius 2 is 1.77 bits per heavy atom. The largest absolute Gasteiger partial charge is 0.441 e. The third-order valence-corrected chi connectivity index (χ3v) is 9.61. The Hall–Kier alpha value is -3.44. The average Bonchev–Trinajstić information content (AvgIpc) is 3.72. The van der Waals surface area contributed by atoms with Gasteiger partial charge in [-0.3, -0.25) is 4.98 Å².